The molecule has 1 fully saturated rings. The fourth-order valence-corrected chi connectivity index (χ4v) is 1.92. The van der Waals surface area contributed by atoms with Gasteiger partial charge in [0.15, 0.2) is 0 Å². The topological polar surface area (TPSA) is 3.24 Å². The van der Waals surface area contributed by atoms with Gasteiger partial charge in [-0.3, -0.25) is 4.90 Å². The molecule has 1 heterocycles. The van der Waals surface area contributed by atoms with Crippen LogP contribution in [0.4, 0.5) is 0 Å². The van der Waals surface area contributed by atoms with Crippen LogP contribution in [0, 0.1) is 5.92 Å². The maximum absolute atomic E-state index is 2.95. The molecule has 0 aromatic carbocycles. The van der Waals surface area contributed by atoms with Crippen molar-refractivity contribution in [3.05, 3.63) is 0 Å². The van der Waals surface area contributed by atoms with Gasteiger partial charge in [-0.15, -0.1) is 9.24 Å². The second kappa shape index (κ2) is 3.03. The summed E-state index contributed by atoms with van der Waals surface area (Å²) in [4.78, 5) is 2.56. The molecule has 0 aliphatic carbocycles. The fraction of sp³-hybridized carbons (Fsp3) is 1.00. The number of hydrogen-bond donors (Lipinski definition) is 0. The number of rotatable bonds is 0. The van der Waals surface area contributed by atoms with Crippen molar-refractivity contribution in [3.63, 3.8) is 0 Å². The Kier molecular flexibility index (Phi) is 2.61. The molecule has 1 nitrogen and oxygen atoms in total. The highest BCUT2D eigenvalue weighted by atomic mass is 31.0. The van der Waals surface area contributed by atoms with Crippen LogP contribution in [0.2, 0.25) is 0 Å². The van der Waals surface area contributed by atoms with Crippen LogP contribution < -0.4 is 0 Å². The summed E-state index contributed by atoms with van der Waals surface area (Å²) in [6.07, 6.45) is 0. The van der Waals surface area contributed by atoms with E-state index in [2.05, 4.69) is 41.8 Å². The lowest BCUT2D eigenvalue weighted by Gasteiger charge is -2.31. The van der Waals surface area contributed by atoms with Gasteiger partial charge in [0.2, 0.25) is 0 Å². The standard InChI is InChI=1S/C9H20NP/c1-7-5-10(6-8(7)11)9(2,3)4/h7-8H,5-6,11H2,1-4H3. The van der Waals surface area contributed by atoms with Crippen molar-refractivity contribution >= 4 is 9.24 Å². The Labute approximate surface area is 72.7 Å². The highest BCUT2D eigenvalue weighted by molar-refractivity contribution is 7.17. The number of nitrogens with zero attached hydrogens (tertiary/aromatic N) is 1. The van der Waals surface area contributed by atoms with Gasteiger partial charge in [0.25, 0.3) is 0 Å². The molecule has 0 radical (unpaired) electrons. The van der Waals surface area contributed by atoms with E-state index in [1.54, 1.807) is 0 Å². The molecule has 0 N–H and O–H groups in total. The quantitative estimate of drug-likeness (QED) is 0.506. The minimum absolute atomic E-state index is 0.361. The zero-order valence-electron chi connectivity index (χ0n) is 8.09. The van der Waals surface area contributed by atoms with Crippen LogP contribution in [-0.4, -0.2) is 29.2 Å². The maximum atomic E-state index is 2.95. The average Bonchev–Trinajstić information content (AvgIpc) is 2.11. The van der Waals surface area contributed by atoms with Crippen molar-refractivity contribution in [2.45, 2.75) is 38.9 Å². The predicted octanol–water partition coefficient (Wildman–Crippen LogP) is 1.98. The van der Waals surface area contributed by atoms with Gasteiger partial charge in [0.05, 0.1) is 0 Å². The van der Waals surface area contributed by atoms with Gasteiger partial charge >= 0.3 is 0 Å². The molecule has 66 valence electrons. The van der Waals surface area contributed by atoms with Gasteiger partial charge in [-0.25, -0.2) is 0 Å². The van der Waals surface area contributed by atoms with Crippen molar-refractivity contribution in [1.29, 1.82) is 0 Å². The summed E-state index contributed by atoms with van der Waals surface area (Å²) in [5.74, 6) is 0.847. The SMILES string of the molecule is CC1CN(C(C)(C)C)CC1P. The van der Waals surface area contributed by atoms with Crippen LogP contribution >= 0.6 is 9.24 Å². The lowest BCUT2D eigenvalue weighted by atomic mass is 10.1. The summed E-state index contributed by atoms with van der Waals surface area (Å²) in [5, 5.41) is 0. The molecule has 11 heavy (non-hydrogen) atoms. The molecule has 0 amide bonds. The van der Waals surface area contributed by atoms with Crippen molar-refractivity contribution in [2.24, 2.45) is 5.92 Å². The van der Waals surface area contributed by atoms with Gasteiger partial charge in [-0.05, 0) is 32.3 Å². The van der Waals surface area contributed by atoms with Crippen LogP contribution in [0.15, 0.2) is 0 Å². The van der Waals surface area contributed by atoms with E-state index in [0.29, 0.717) is 5.54 Å². The van der Waals surface area contributed by atoms with E-state index < -0.39 is 0 Å². The molecule has 0 aromatic heterocycles. The first-order valence-corrected chi connectivity index (χ1v) is 5.08. The summed E-state index contributed by atoms with van der Waals surface area (Å²) < 4.78 is 0. The average molecular weight is 173 g/mol. The summed E-state index contributed by atoms with van der Waals surface area (Å²) in [6, 6.07) is 0. The fourth-order valence-electron chi connectivity index (χ4n) is 1.54. The van der Waals surface area contributed by atoms with Gasteiger partial charge in [-0.2, -0.15) is 0 Å². The molecule has 0 aromatic rings. The van der Waals surface area contributed by atoms with Crippen molar-refractivity contribution in [2.75, 3.05) is 13.1 Å². The Morgan fingerprint density at radius 2 is 1.82 bits per heavy atom. The van der Waals surface area contributed by atoms with E-state index in [-0.39, 0.29) is 0 Å². The number of hydrogen-bond acceptors (Lipinski definition) is 1. The third kappa shape index (κ3) is 2.16. The van der Waals surface area contributed by atoms with E-state index in [1.807, 2.05) is 0 Å². The summed E-state index contributed by atoms with van der Waals surface area (Å²) in [7, 11) is 2.95. The zero-order valence-corrected chi connectivity index (χ0v) is 9.25. The van der Waals surface area contributed by atoms with Crippen LogP contribution in [-0.2, 0) is 0 Å². The molecular weight excluding hydrogens is 153 g/mol. The third-order valence-corrected chi connectivity index (χ3v) is 3.49. The first-order valence-electron chi connectivity index (χ1n) is 4.42. The van der Waals surface area contributed by atoms with Crippen molar-refractivity contribution in [1.82, 2.24) is 4.90 Å². The van der Waals surface area contributed by atoms with Crippen LogP contribution in [0.5, 0.6) is 0 Å². The molecule has 3 atom stereocenters. The van der Waals surface area contributed by atoms with Crippen molar-refractivity contribution < 1.29 is 0 Å². The van der Waals surface area contributed by atoms with E-state index in [1.165, 1.54) is 13.1 Å². The second-order valence-corrected chi connectivity index (χ2v) is 5.57. The molecule has 0 bridgehead atoms. The summed E-state index contributed by atoms with van der Waals surface area (Å²) in [6.45, 7) is 11.7. The predicted molar refractivity (Wildman–Crippen MR) is 54.0 cm³/mol. The first kappa shape index (κ1) is 9.48. The highest BCUT2D eigenvalue weighted by Gasteiger charge is 2.32. The molecule has 1 saturated heterocycles. The minimum Gasteiger partial charge on any atom is -0.298 e. The van der Waals surface area contributed by atoms with Gasteiger partial charge in [0, 0.05) is 18.6 Å². The molecule has 1 rings (SSSR count). The van der Waals surface area contributed by atoms with Crippen LogP contribution in [0.3, 0.4) is 0 Å². The van der Waals surface area contributed by atoms with Crippen molar-refractivity contribution in [3.8, 4) is 0 Å². The normalized spacial score (nSPS) is 34.6. The lowest BCUT2D eigenvalue weighted by molar-refractivity contribution is 0.170. The molecule has 1 aliphatic heterocycles. The van der Waals surface area contributed by atoms with E-state index in [4.69, 9.17) is 0 Å². The molecule has 2 heteroatoms. The van der Waals surface area contributed by atoms with Crippen LogP contribution in [0.25, 0.3) is 0 Å². The van der Waals surface area contributed by atoms with E-state index in [0.717, 1.165) is 11.6 Å². The first-order chi connectivity index (χ1) is 4.91. The largest absolute Gasteiger partial charge is 0.298 e. The Hall–Kier alpha value is 0.390. The number of likely N-dealkylation sites (tertiary alicyclic amines) is 1. The monoisotopic (exact) mass is 173 g/mol. The lowest BCUT2D eigenvalue weighted by Crippen LogP contribution is -2.39. The summed E-state index contributed by atoms with van der Waals surface area (Å²) >= 11 is 0. The second-order valence-electron chi connectivity index (χ2n) is 4.72. The molecular formula is C9H20NP. The molecule has 0 saturated carbocycles. The Bertz CT molecular complexity index is 129. The Balaban J connectivity index is 2.54. The molecule has 1 aliphatic rings. The van der Waals surface area contributed by atoms with Gasteiger partial charge < -0.3 is 0 Å². The van der Waals surface area contributed by atoms with E-state index in [9.17, 15) is 0 Å². The van der Waals surface area contributed by atoms with E-state index >= 15 is 0 Å². The van der Waals surface area contributed by atoms with Gasteiger partial charge in [0.1, 0.15) is 0 Å². The maximum Gasteiger partial charge on any atom is 0.0125 e. The smallest absolute Gasteiger partial charge is 0.0125 e. The Morgan fingerprint density at radius 3 is 2.00 bits per heavy atom. The van der Waals surface area contributed by atoms with Crippen LogP contribution in [0.1, 0.15) is 27.7 Å². The Morgan fingerprint density at radius 1 is 1.27 bits per heavy atom. The molecule has 0 spiro atoms. The zero-order chi connectivity index (χ0) is 8.65. The van der Waals surface area contributed by atoms with Gasteiger partial charge in [-0.1, -0.05) is 6.92 Å². The third-order valence-electron chi connectivity index (χ3n) is 2.62. The molecule has 3 unspecified atom stereocenters. The minimum atomic E-state index is 0.361. The highest BCUT2D eigenvalue weighted by Crippen LogP contribution is 2.28. The summed E-state index contributed by atoms with van der Waals surface area (Å²) in [5.41, 5.74) is 1.16.